The summed E-state index contributed by atoms with van der Waals surface area (Å²) < 4.78 is 0. The molecule has 2 heterocycles. The van der Waals surface area contributed by atoms with E-state index in [9.17, 15) is 14.4 Å². The molecule has 1 aromatic rings. The van der Waals surface area contributed by atoms with E-state index in [1.807, 2.05) is 0 Å². The molecule has 1 atom stereocenters. The van der Waals surface area contributed by atoms with Crippen LogP contribution in [0, 0.1) is 0 Å². The molecular weight excluding hydrogens is 238 g/mol. The van der Waals surface area contributed by atoms with Gasteiger partial charge in [0.2, 0.25) is 11.8 Å². The zero-order valence-electron chi connectivity index (χ0n) is 9.34. The number of pyridine rings is 1. The van der Waals surface area contributed by atoms with Crippen LogP contribution in [0.2, 0.25) is 0 Å². The molecular formula is C11H11N3O4. The molecule has 0 aromatic carbocycles. The number of carboxylic acid groups (broad SMARTS) is 1. The van der Waals surface area contributed by atoms with E-state index in [1.165, 1.54) is 18.3 Å². The first-order valence-corrected chi connectivity index (χ1v) is 5.36. The van der Waals surface area contributed by atoms with Gasteiger partial charge in [0.05, 0.1) is 5.56 Å². The number of amides is 2. The molecule has 94 valence electrons. The molecule has 1 saturated heterocycles. The topological polar surface area (TPSA) is 108 Å². The van der Waals surface area contributed by atoms with Gasteiger partial charge in [0.1, 0.15) is 11.9 Å². The minimum Gasteiger partial charge on any atom is -0.478 e. The highest BCUT2D eigenvalue weighted by atomic mass is 16.4. The quantitative estimate of drug-likeness (QED) is 0.650. The van der Waals surface area contributed by atoms with E-state index in [-0.39, 0.29) is 17.9 Å². The van der Waals surface area contributed by atoms with Gasteiger partial charge < -0.3 is 10.4 Å². The Morgan fingerprint density at radius 2 is 2.28 bits per heavy atom. The monoisotopic (exact) mass is 249 g/mol. The lowest BCUT2D eigenvalue weighted by Gasteiger charge is -2.22. The molecule has 0 aliphatic carbocycles. The van der Waals surface area contributed by atoms with E-state index in [0.29, 0.717) is 12.2 Å². The normalized spacial score (nSPS) is 19.2. The first-order valence-electron chi connectivity index (χ1n) is 5.36. The Kier molecular flexibility index (Phi) is 3.22. The van der Waals surface area contributed by atoms with E-state index >= 15 is 0 Å². The Balaban J connectivity index is 2.09. The number of nitrogens with zero attached hydrogens (tertiary/aromatic N) is 1. The van der Waals surface area contributed by atoms with Crippen molar-refractivity contribution >= 4 is 23.6 Å². The number of imide groups is 1. The number of nitrogens with one attached hydrogen (secondary N) is 2. The Bertz CT molecular complexity index is 515. The van der Waals surface area contributed by atoms with Crippen molar-refractivity contribution < 1.29 is 19.5 Å². The number of hydrogen-bond donors (Lipinski definition) is 3. The van der Waals surface area contributed by atoms with Gasteiger partial charge in [0.15, 0.2) is 0 Å². The molecule has 0 bridgehead atoms. The van der Waals surface area contributed by atoms with Crippen molar-refractivity contribution in [2.75, 3.05) is 5.32 Å². The fourth-order valence-electron chi connectivity index (χ4n) is 1.65. The van der Waals surface area contributed by atoms with Crippen molar-refractivity contribution in [2.45, 2.75) is 18.9 Å². The van der Waals surface area contributed by atoms with Gasteiger partial charge >= 0.3 is 5.97 Å². The number of anilines is 1. The molecule has 1 fully saturated rings. The smallest absolute Gasteiger partial charge is 0.335 e. The summed E-state index contributed by atoms with van der Waals surface area (Å²) in [5.74, 6) is -1.49. The lowest BCUT2D eigenvalue weighted by atomic mass is 10.1. The van der Waals surface area contributed by atoms with Crippen LogP contribution < -0.4 is 10.6 Å². The van der Waals surface area contributed by atoms with Crippen LogP contribution in [0.5, 0.6) is 0 Å². The molecule has 18 heavy (non-hydrogen) atoms. The zero-order chi connectivity index (χ0) is 13.1. The Morgan fingerprint density at radius 3 is 2.94 bits per heavy atom. The van der Waals surface area contributed by atoms with Gasteiger partial charge in [0.25, 0.3) is 0 Å². The van der Waals surface area contributed by atoms with E-state index < -0.39 is 17.9 Å². The molecule has 3 N–H and O–H groups in total. The summed E-state index contributed by atoms with van der Waals surface area (Å²) in [4.78, 5) is 37.2. The fourth-order valence-corrected chi connectivity index (χ4v) is 1.65. The van der Waals surface area contributed by atoms with Crippen LogP contribution in [-0.4, -0.2) is 33.9 Å². The summed E-state index contributed by atoms with van der Waals surface area (Å²) >= 11 is 0. The van der Waals surface area contributed by atoms with Crippen molar-refractivity contribution in [1.82, 2.24) is 10.3 Å². The average Bonchev–Trinajstić information content (AvgIpc) is 2.33. The average molecular weight is 249 g/mol. The third kappa shape index (κ3) is 2.62. The standard InChI is InChI=1S/C11H11N3O4/c15-9-2-1-7(10(16)14-9)13-8-5-6(11(17)18)3-4-12-8/h3-5,7H,1-2H2,(H,12,13)(H,17,18)(H,14,15,16). The number of carbonyl (C=O) groups excluding carboxylic acids is 2. The molecule has 1 aliphatic rings. The van der Waals surface area contributed by atoms with E-state index in [4.69, 9.17) is 5.11 Å². The number of hydrogen-bond acceptors (Lipinski definition) is 5. The molecule has 0 radical (unpaired) electrons. The van der Waals surface area contributed by atoms with E-state index in [2.05, 4.69) is 15.6 Å². The highest BCUT2D eigenvalue weighted by Gasteiger charge is 2.26. The Labute approximate surface area is 102 Å². The van der Waals surface area contributed by atoms with Crippen molar-refractivity contribution in [2.24, 2.45) is 0 Å². The number of carbonyl (C=O) groups is 3. The van der Waals surface area contributed by atoms with Gasteiger partial charge in [-0.05, 0) is 18.6 Å². The van der Waals surface area contributed by atoms with Gasteiger partial charge in [-0.15, -0.1) is 0 Å². The van der Waals surface area contributed by atoms with Crippen LogP contribution in [0.4, 0.5) is 5.82 Å². The van der Waals surface area contributed by atoms with Gasteiger partial charge in [0, 0.05) is 12.6 Å². The van der Waals surface area contributed by atoms with Crippen molar-refractivity contribution in [3.8, 4) is 0 Å². The van der Waals surface area contributed by atoms with Gasteiger partial charge in [-0.3, -0.25) is 14.9 Å². The largest absolute Gasteiger partial charge is 0.478 e. The second kappa shape index (κ2) is 4.82. The molecule has 0 spiro atoms. The summed E-state index contributed by atoms with van der Waals surface area (Å²) in [5, 5.41) is 13.8. The summed E-state index contributed by atoms with van der Waals surface area (Å²) in [7, 11) is 0. The first-order chi connectivity index (χ1) is 8.56. The van der Waals surface area contributed by atoms with Crippen molar-refractivity contribution in [3.05, 3.63) is 23.9 Å². The van der Waals surface area contributed by atoms with Crippen LogP contribution >= 0.6 is 0 Å². The van der Waals surface area contributed by atoms with Crippen molar-refractivity contribution in [1.29, 1.82) is 0 Å². The third-order valence-corrected chi connectivity index (χ3v) is 2.57. The Hall–Kier alpha value is -2.44. The predicted molar refractivity (Wildman–Crippen MR) is 61.0 cm³/mol. The zero-order valence-corrected chi connectivity index (χ0v) is 9.34. The van der Waals surface area contributed by atoms with Crippen LogP contribution in [-0.2, 0) is 9.59 Å². The van der Waals surface area contributed by atoms with Crippen molar-refractivity contribution in [3.63, 3.8) is 0 Å². The SMILES string of the molecule is O=C1CCC(Nc2cc(C(=O)O)ccn2)C(=O)N1. The summed E-state index contributed by atoms with van der Waals surface area (Å²) in [6.07, 6.45) is 1.96. The van der Waals surface area contributed by atoms with Crippen LogP contribution in [0.3, 0.4) is 0 Å². The van der Waals surface area contributed by atoms with Crippen LogP contribution in [0.1, 0.15) is 23.2 Å². The second-order valence-corrected chi connectivity index (χ2v) is 3.88. The highest BCUT2D eigenvalue weighted by molar-refractivity contribution is 6.01. The molecule has 2 amide bonds. The number of aromatic carboxylic acids is 1. The maximum absolute atomic E-state index is 11.5. The molecule has 2 rings (SSSR count). The second-order valence-electron chi connectivity index (χ2n) is 3.88. The lowest BCUT2D eigenvalue weighted by molar-refractivity contribution is -0.133. The van der Waals surface area contributed by atoms with Gasteiger partial charge in [-0.25, -0.2) is 9.78 Å². The summed E-state index contributed by atoms with van der Waals surface area (Å²) in [5.41, 5.74) is 0.0831. The fraction of sp³-hybridized carbons (Fsp3) is 0.273. The van der Waals surface area contributed by atoms with E-state index in [0.717, 1.165) is 0 Å². The van der Waals surface area contributed by atoms with E-state index in [1.54, 1.807) is 0 Å². The molecule has 0 saturated carbocycles. The van der Waals surface area contributed by atoms with Gasteiger partial charge in [-0.1, -0.05) is 0 Å². The number of carboxylic acids is 1. The van der Waals surface area contributed by atoms with Crippen LogP contribution in [0.25, 0.3) is 0 Å². The van der Waals surface area contributed by atoms with Crippen LogP contribution in [0.15, 0.2) is 18.3 Å². The minimum absolute atomic E-state index is 0.0831. The van der Waals surface area contributed by atoms with Gasteiger partial charge in [-0.2, -0.15) is 0 Å². The minimum atomic E-state index is -1.07. The molecule has 7 heteroatoms. The molecule has 1 aromatic heterocycles. The summed E-state index contributed by atoms with van der Waals surface area (Å²) in [6.45, 7) is 0. The molecule has 1 aliphatic heterocycles. The number of rotatable bonds is 3. The Morgan fingerprint density at radius 1 is 1.50 bits per heavy atom. The first kappa shape index (κ1) is 12.0. The number of aromatic nitrogens is 1. The summed E-state index contributed by atoms with van der Waals surface area (Å²) in [6, 6.07) is 2.13. The number of piperidine rings is 1. The molecule has 7 nitrogen and oxygen atoms in total. The predicted octanol–water partition coefficient (Wildman–Crippen LogP) is -0.00310. The highest BCUT2D eigenvalue weighted by Crippen LogP contribution is 2.13. The maximum Gasteiger partial charge on any atom is 0.335 e. The molecule has 1 unspecified atom stereocenters. The third-order valence-electron chi connectivity index (χ3n) is 2.57. The lowest BCUT2D eigenvalue weighted by Crippen LogP contribution is -2.47. The maximum atomic E-state index is 11.5.